The number of rotatable bonds is 7. The molecule has 6 heteroatoms. The molecule has 0 fully saturated rings. The van der Waals surface area contributed by atoms with Gasteiger partial charge in [-0.1, -0.05) is 0 Å². The summed E-state index contributed by atoms with van der Waals surface area (Å²) in [7, 11) is 0. The summed E-state index contributed by atoms with van der Waals surface area (Å²) in [5.74, 6) is 0. The molecule has 0 saturated carbocycles. The fourth-order valence-corrected chi connectivity index (χ4v) is 1.01. The Morgan fingerprint density at radius 2 is 1.77 bits per heavy atom. The van der Waals surface area contributed by atoms with Gasteiger partial charge in [-0.15, -0.1) is 4.39 Å². The zero-order valence-corrected chi connectivity index (χ0v) is 7.63. The molecule has 0 aromatic rings. The monoisotopic (exact) mass is 192 g/mol. The maximum atomic E-state index is 11.7. The second-order valence-electron chi connectivity index (χ2n) is 2.62. The number of halogens is 1. The molecular weight excluding hydrogens is 175 g/mol. The quantitative estimate of drug-likeness (QED) is 0.352. The van der Waals surface area contributed by atoms with Gasteiger partial charge < -0.3 is 16.8 Å². The third-order valence-electron chi connectivity index (χ3n) is 1.58. The van der Waals surface area contributed by atoms with Crippen LogP contribution in [0.5, 0.6) is 0 Å². The molecule has 5 nitrogen and oxygen atoms in total. The molecule has 0 bridgehead atoms. The minimum atomic E-state index is -1.50. The summed E-state index contributed by atoms with van der Waals surface area (Å²) in [5, 5.41) is 2.06. The smallest absolute Gasteiger partial charge is 0.329 e. The highest BCUT2D eigenvalue weighted by molar-refractivity contribution is 5.65. The van der Waals surface area contributed by atoms with Crippen LogP contribution < -0.4 is 16.8 Å². The number of amides is 1. The molecule has 0 saturated heterocycles. The zero-order valence-electron chi connectivity index (χ0n) is 7.63. The molecule has 78 valence electrons. The lowest BCUT2D eigenvalue weighted by Gasteiger charge is -2.19. The molecular formula is C7H17FN4O. The molecule has 0 heterocycles. The van der Waals surface area contributed by atoms with Crippen LogP contribution >= 0.6 is 0 Å². The van der Waals surface area contributed by atoms with Crippen LogP contribution in [0.1, 0.15) is 0 Å². The summed E-state index contributed by atoms with van der Waals surface area (Å²) < 4.78 is 11.7. The number of nitrogens with two attached hydrogens (primary N) is 2. The largest absolute Gasteiger partial charge is 0.397 e. The second kappa shape index (κ2) is 7.90. The summed E-state index contributed by atoms with van der Waals surface area (Å²) in [6, 6.07) is 0. The van der Waals surface area contributed by atoms with E-state index in [1.807, 2.05) is 4.90 Å². The molecule has 0 aromatic carbocycles. The number of hydrogen-bond acceptors (Lipinski definition) is 4. The van der Waals surface area contributed by atoms with Crippen molar-refractivity contribution in [2.45, 2.75) is 0 Å². The minimum Gasteiger partial charge on any atom is -0.329 e. The van der Waals surface area contributed by atoms with Crippen LogP contribution in [0.25, 0.3) is 0 Å². The lowest BCUT2D eigenvalue weighted by molar-refractivity contribution is 0.217. The van der Waals surface area contributed by atoms with E-state index in [0.717, 1.165) is 0 Å². The van der Waals surface area contributed by atoms with Gasteiger partial charge in [-0.25, -0.2) is 4.79 Å². The zero-order chi connectivity index (χ0) is 10.1. The van der Waals surface area contributed by atoms with Gasteiger partial charge in [-0.05, 0) is 0 Å². The lowest BCUT2D eigenvalue weighted by Crippen LogP contribution is -2.39. The molecule has 0 spiro atoms. The Morgan fingerprint density at radius 3 is 2.15 bits per heavy atom. The van der Waals surface area contributed by atoms with Gasteiger partial charge in [0.05, 0.1) is 0 Å². The predicted molar refractivity (Wildman–Crippen MR) is 49.1 cm³/mol. The van der Waals surface area contributed by atoms with Gasteiger partial charge in [-0.2, -0.15) is 0 Å². The van der Waals surface area contributed by atoms with Crippen molar-refractivity contribution in [2.24, 2.45) is 11.5 Å². The number of carbonyl (C=O) groups is 1. The summed E-state index contributed by atoms with van der Waals surface area (Å²) in [6.45, 7) is 3.34. The van der Waals surface area contributed by atoms with Crippen LogP contribution in [0.15, 0.2) is 0 Å². The molecule has 1 amide bonds. The van der Waals surface area contributed by atoms with Crippen LogP contribution in [0.4, 0.5) is 9.18 Å². The van der Waals surface area contributed by atoms with Crippen LogP contribution in [0, 0.1) is 0 Å². The highest BCUT2D eigenvalue weighted by Gasteiger charge is 2.02. The molecule has 13 heavy (non-hydrogen) atoms. The lowest BCUT2D eigenvalue weighted by atomic mass is 10.4. The van der Waals surface area contributed by atoms with Gasteiger partial charge in [0.2, 0.25) is 0 Å². The van der Waals surface area contributed by atoms with Crippen LogP contribution in [0.3, 0.4) is 0 Å². The predicted octanol–water partition coefficient (Wildman–Crippen LogP) is -1.12. The number of carbonyl (C=O) groups excluding carboxylic acids is 1. The van der Waals surface area contributed by atoms with E-state index in [0.29, 0.717) is 32.7 Å². The van der Waals surface area contributed by atoms with Crippen molar-refractivity contribution >= 4 is 6.16 Å². The van der Waals surface area contributed by atoms with E-state index in [4.69, 9.17) is 11.5 Å². The van der Waals surface area contributed by atoms with E-state index in [2.05, 4.69) is 5.32 Å². The first kappa shape index (κ1) is 12.3. The second-order valence-corrected chi connectivity index (χ2v) is 2.62. The van der Waals surface area contributed by atoms with Gasteiger partial charge >= 0.3 is 6.16 Å². The van der Waals surface area contributed by atoms with E-state index >= 15 is 0 Å². The maximum absolute atomic E-state index is 11.7. The number of nitrogens with one attached hydrogen (secondary N) is 1. The maximum Gasteiger partial charge on any atom is 0.397 e. The number of hydrogen-bond donors (Lipinski definition) is 3. The van der Waals surface area contributed by atoms with Gasteiger partial charge in [0.15, 0.2) is 0 Å². The highest BCUT2D eigenvalue weighted by atomic mass is 19.1. The van der Waals surface area contributed by atoms with E-state index in [-0.39, 0.29) is 6.54 Å². The van der Waals surface area contributed by atoms with Gasteiger partial charge in [0.1, 0.15) is 0 Å². The summed E-state index contributed by atoms with van der Waals surface area (Å²) >= 11 is 0. The molecule has 0 atom stereocenters. The Balaban J connectivity index is 3.49. The molecule has 0 radical (unpaired) electrons. The Labute approximate surface area is 77.2 Å². The van der Waals surface area contributed by atoms with Gasteiger partial charge in [-0.3, -0.25) is 4.90 Å². The molecule has 0 aromatic heterocycles. The fraction of sp³-hybridized carbons (Fsp3) is 0.857. The Kier molecular flexibility index (Phi) is 7.47. The normalized spacial score (nSPS) is 10.5. The van der Waals surface area contributed by atoms with Crippen LogP contribution in [0.2, 0.25) is 0 Å². The molecule has 0 aliphatic rings. The Morgan fingerprint density at radius 1 is 1.23 bits per heavy atom. The van der Waals surface area contributed by atoms with Crippen molar-refractivity contribution in [3.8, 4) is 0 Å². The summed E-state index contributed by atoms with van der Waals surface area (Å²) in [5.41, 5.74) is 10.7. The highest BCUT2D eigenvalue weighted by Crippen LogP contribution is 1.84. The molecule has 0 aliphatic heterocycles. The molecule has 0 unspecified atom stereocenters. The first-order valence-corrected chi connectivity index (χ1v) is 4.26. The molecule has 0 aliphatic carbocycles. The van der Waals surface area contributed by atoms with Crippen molar-refractivity contribution in [2.75, 3.05) is 39.3 Å². The van der Waals surface area contributed by atoms with E-state index in [9.17, 15) is 9.18 Å². The Bertz CT molecular complexity index is 138. The third kappa shape index (κ3) is 7.63. The first-order valence-electron chi connectivity index (χ1n) is 4.26. The van der Waals surface area contributed by atoms with Crippen molar-refractivity contribution in [1.82, 2.24) is 10.2 Å². The van der Waals surface area contributed by atoms with Crippen LogP contribution in [-0.4, -0.2) is 50.3 Å². The molecule has 5 N–H and O–H groups in total. The number of nitrogens with zero attached hydrogens (tertiary/aromatic N) is 1. The SMILES string of the molecule is NCCN(CCN)CCNC(=O)F. The minimum absolute atomic E-state index is 0.287. The first-order chi connectivity index (χ1) is 6.20. The fourth-order valence-electron chi connectivity index (χ4n) is 1.01. The Hall–Kier alpha value is -0.720. The average Bonchev–Trinajstić information content (AvgIpc) is 2.04. The topological polar surface area (TPSA) is 84.4 Å². The van der Waals surface area contributed by atoms with Crippen molar-refractivity contribution in [1.29, 1.82) is 0 Å². The van der Waals surface area contributed by atoms with E-state index in [1.54, 1.807) is 0 Å². The third-order valence-corrected chi connectivity index (χ3v) is 1.58. The summed E-state index contributed by atoms with van der Waals surface area (Å²) in [4.78, 5) is 11.9. The average molecular weight is 192 g/mol. The standard InChI is InChI=1S/C7H17FN4O/c8-7(13)11-3-6-12(4-1-9)5-2-10/h1-6,9-10H2,(H,11,13). The van der Waals surface area contributed by atoms with Crippen LogP contribution in [-0.2, 0) is 0 Å². The van der Waals surface area contributed by atoms with Crippen molar-refractivity contribution in [3.05, 3.63) is 0 Å². The summed E-state index contributed by atoms with van der Waals surface area (Å²) in [6.07, 6.45) is -1.50. The van der Waals surface area contributed by atoms with E-state index in [1.165, 1.54) is 0 Å². The van der Waals surface area contributed by atoms with Gasteiger partial charge in [0.25, 0.3) is 0 Å². The van der Waals surface area contributed by atoms with E-state index < -0.39 is 6.16 Å². The van der Waals surface area contributed by atoms with Crippen molar-refractivity contribution in [3.63, 3.8) is 0 Å². The molecule has 0 rings (SSSR count). The van der Waals surface area contributed by atoms with Gasteiger partial charge in [0, 0.05) is 39.3 Å². The van der Waals surface area contributed by atoms with Crippen molar-refractivity contribution < 1.29 is 9.18 Å².